The van der Waals surface area contributed by atoms with E-state index >= 15 is 0 Å². The first-order valence-electron chi connectivity index (χ1n) is 10.6. The summed E-state index contributed by atoms with van der Waals surface area (Å²) < 4.78 is 19.4. The predicted molar refractivity (Wildman–Crippen MR) is 131 cm³/mol. The summed E-state index contributed by atoms with van der Waals surface area (Å²) in [6.07, 6.45) is 4.91. The molecular formula is C24H24ClFN4O3S. The standard InChI is InChI=1S/C24H24ClFN4O3S/c1-33-23-7-6-20(11-21(23)25)34-30(32)29-9-8-17-10-22(28-19-4-2-18(26)3-5-19)16(13-27)12-24(17,14-29)15-31/h2-7,10-11,13,15,27-28,32H,8-9,12,14H2,1H3. The fraction of sp³-hybridized carbons (Fsp3) is 0.250. The van der Waals surface area contributed by atoms with Crippen LogP contribution in [0.25, 0.3) is 0 Å². The van der Waals surface area contributed by atoms with Gasteiger partial charge in [-0.3, -0.25) is 5.21 Å². The average molecular weight is 503 g/mol. The second-order valence-corrected chi connectivity index (χ2v) is 9.50. The van der Waals surface area contributed by atoms with E-state index in [0.717, 1.165) is 28.4 Å². The molecule has 2 aromatic rings. The zero-order chi connectivity index (χ0) is 24.3. The molecule has 1 fully saturated rings. The number of anilines is 1. The van der Waals surface area contributed by atoms with E-state index in [0.29, 0.717) is 52.0 Å². The summed E-state index contributed by atoms with van der Waals surface area (Å²) in [6, 6.07) is 11.2. The van der Waals surface area contributed by atoms with Crippen LogP contribution in [0.4, 0.5) is 10.1 Å². The number of ether oxygens (including phenoxy) is 1. The molecule has 7 nitrogen and oxygen atoms in total. The van der Waals surface area contributed by atoms with E-state index in [1.54, 1.807) is 35.3 Å². The van der Waals surface area contributed by atoms with Crippen LogP contribution in [0.5, 0.6) is 5.75 Å². The van der Waals surface area contributed by atoms with Gasteiger partial charge in [-0.2, -0.15) is 0 Å². The number of methoxy groups -OCH3 is 1. The van der Waals surface area contributed by atoms with Crippen molar-refractivity contribution in [2.75, 3.05) is 25.5 Å². The third-order valence-electron chi connectivity index (χ3n) is 5.99. The number of hydrogen-bond donors (Lipinski definition) is 3. The summed E-state index contributed by atoms with van der Waals surface area (Å²) in [5, 5.41) is 24.0. The van der Waals surface area contributed by atoms with Crippen molar-refractivity contribution in [2.24, 2.45) is 5.41 Å². The molecule has 1 aliphatic heterocycles. The highest BCUT2D eigenvalue weighted by molar-refractivity contribution is 7.96. The molecule has 0 radical (unpaired) electrons. The molecule has 34 heavy (non-hydrogen) atoms. The van der Waals surface area contributed by atoms with Gasteiger partial charge >= 0.3 is 0 Å². The first kappa shape index (κ1) is 24.4. The first-order valence-corrected chi connectivity index (χ1v) is 11.7. The number of nitrogens with one attached hydrogen (secondary N) is 2. The van der Waals surface area contributed by atoms with Crippen molar-refractivity contribution >= 4 is 41.7 Å². The zero-order valence-corrected chi connectivity index (χ0v) is 20.0. The molecule has 0 amide bonds. The van der Waals surface area contributed by atoms with Crippen molar-refractivity contribution in [1.29, 1.82) is 5.41 Å². The quantitative estimate of drug-likeness (QED) is 0.194. The maximum Gasteiger partial charge on any atom is 0.137 e. The van der Waals surface area contributed by atoms with Crippen molar-refractivity contribution in [3.05, 3.63) is 76.2 Å². The summed E-state index contributed by atoms with van der Waals surface area (Å²) in [6.45, 7) is 0.759. The van der Waals surface area contributed by atoms with Crippen molar-refractivity contribution in [3.63, 3.8) is 0 Å². The Labute approximate surface area is 206 Å². The molecule has 178 valence electrons. The van der Waals surface area contributed by atoms with Gasteiger partial charge in [0, 0.05) is 47.5 Å². The zero-order valence-electron chi connectivity index (χ0n) is 18.4. The minimum atomic E-state index is -0.863. The number of nitrogens with zero attached hydrogens (tertiary/aromatic N) is 2. The van der Waals surface area contributed by atoms with Gasteiger partial charge in [-0.05, 0) is 67.0 Å². The highest BCUT2D eigenvalue weighted by atomic mass is 35.5. The number of hydrogen-bond acceptors (Lipinski definition) is 8. The van der Waals surface area contributed by atoms with Gasteiger partial charge in [-0.25, -0.2) is 9.40 Å². The van der Waals surface area contributed by atoms with Crippen LogP contribution in [0.2, 0.25) is 5.02 Å². The lowest BCUT2D eigenvalue weighted by Crippen LogP contribution is -2.51. The molecule has 1 aliphatic carbocycles. The van der Waals surface area contributed by atoms with Crippen LogP contribution >= 0.6 is 23.5 Å². The molecule has 4 rings (SSSR count). The molecule has 0 saturated carbocycles. The lowest BCUT2D eigenvalue weighted by atomic mass is 9.69. The number of allylic oxidation sites excluding steroid dienone is 2. The van der Waals surface area contributed by atoms with Crippen LogP contribution in [0.3, 0.4) is 0 Å². The SMILES string of the molecule is COc1ccc(SN(O)N2CCC3=CC(Nc4ccc(F)cc4)=C(C=N)CC3(C=O)C2)cc1Cl. The van der Waals surface area contributed by atoms with Gasteiger partial charge in [0.1, 0.15) is 17.9 Å². The van der Waals surface area contributed by atoms with Crippen molar-refractivity contribution in [3.8, 4) is 5.75 Å². The molecular weight excluding hydrogens is 479 g/mol. The van der Waals surface area contributed by atoms with E-state index in [4.69, 9.17) is 21.7 Å². The molecule has 0 bridgehead atoms. The van der Waals surface area contributed by atoms with E-state index < -0.39 is 5.41 Å². The second-order valence-electron chi connectivity index (χ2n) is 8.11. The van der Waals surface area contributed by atoms with Gasteiger partial charge in [-0.1, -0.05) is 21.8 Å². The number of halogens is 2. The van der Waals surface area contributed by atoms with Crippen LogP contribution < -0.4 is 10.1 Å². The Bertz CT molecular complexity index is 1160. The maximum atomic E-state index is 13.2. The van der Waals surface area contributed by atoms with Gasteiger partial charge in [0.2, 0.25) is 0 Å². The number of carbonyl (C=O) groups is 1. The summed E-state index contributed by atoms with van der Waals surface area (Å²) in [5.74, 6) is 0.214. The molecule has 0 spiro atoms. The average Bonchev–Trinajstić information content (AvgIpc) is 2.84. The number of fused-ring (bicyclic) bond motifs is 1. The Kier molecular flexibility index (Phi) is 7.39. The number of piperidine rings is 1. The highest BCUT2D eigenvalue weighted by Gasteiger charge is 2.44. The Morgan fingerprint density at radius 3 is 2.74 bits per heavy atom. The second kappa shape index (κ2) is 10.3. The van der Waals surface area contributed by atoms with Gasteiger partial charge < -0.3 is 20.3 Å². The van der Waals surface area contributed by atoms with Crippen LogP contribution in [-0.4, -0.2) is 47.5 Å². The fourth-order valence-corrected chi connectivity index (χ4v) is 5.25. The van der Waals surface area contributed by atoms with E-state index in [1.165, 1.54) is 25.5 Å². The number of rotatable bonds is 8. The van der Waals surface area contributed by atoms with Crippen LogP contribution in [0, 0.1) is 16.6 Å². The largest absolute Gasteiger partial charge is 0.495 e. The molecule has 2 aromatic carbocycles. The molecule has 1 heterocycles. The number of hydrazine groups is 1. The highest BCUT2D eigenvalue weighted by Crippen LogP contribution is 2.44. The maximum absolute atomic E-state index is 13.2. The number of aldehydes is 1. The van der Waals surface area contributed by atoms with Crippen LogP contribution in [0.15, 0.2) is 70.3 Å². The summed E-state index contributed by atoms with van der Waals surface area (Å²) in [5.41, 5.74) is 2.13. The lowest BCUT2D eigenvalue weighted by molar-refractivity contribution is -0.175. The molecule has 10 heteroatoms. The fourth-order valence-electron chi connectivity index (χ4n) is 4.18. The van der Waals surface area contributed by atoms with Crippen molar-refractivity contribution in [2.45, 2.75) is 17.7 Å². The third kappa shape index (κ3) is 5.03. The third-order valence-corrected chi connectivity index (χ3v) is 7.14. The van der Waals surface area contributed by atoms with Crippen LogP contribution in [-0.2, 0) is 4.79 Å². The topological polar surface area (TPSA) is 88.9 Å². The smallest absolute Gasteiger partial charge is 0.137 e. The van der Waals surface area contributed by atoms with E-state index in [9.17, 15) is 14.4 Å². The monoisotopic (exact) mass is 502 g/mol. The van der Waals surface area contributed by atoms with Gasteiger partial charge in [0.15, 0.2) is 0 Å². The van der Waals surface area contributed by atoms with E-state index in [2.05, 4.69) is 5.32 Å². The predicted octanol–water partition coefficient (Wildman–Crippen LogP) is 5.34. The summed E-state index contributed by atoms with van der Waals surface area (Å²) >= 11 is 7.27. The minimum absolute atomic E-state index is 0.261. The number of carbonyl (C=O) groups excluding carboxylic acids is 1. The first-order chi connectivity index (χ1) is 16.4. The van der Waals surface area contributed by atoms with E-state index in [1.807, 2.05) is 6.08 Å². The van der Waals surface area contributed by atoms with Crippen molar-refractivity contribution in [1.82, 2.24) is 9.59 Å². The normalized spacial score (nSPS) is 20.6. The molecule has 1 unspecified atom stereocenters. The van der Waals surface area contributed by atoms with Gasteiger partial charge in [-0.15, -0.1) is 0 Å². The van der Waals surface area contributed by atoms with E-state index in [-0.39, 0.29) is 12.4 Å². The van der Waals surface area contributed by atoms with Gasteiger partial charge in [0.25, 0.3) is 0 Å². The Balaban J connectivity index is 1.51. The molecule has 1 saturated heterocycles. The summed E-state index contributed by atoms with van der Waals surface area (Å²) in [4.78, 5) is 13.1. The van der Waals surface area contributed by atoms with Crippen molar-refractivity contribution < 1.29 is 19.1 Å². The lowest BCUT2D eigenvalue weighted by Gasteiger charge is -2.45. The van der Waals surface area contributed by atoms with Crippen LogP contribution in [0.1, 0.15) is 12.8 Å². The molecule has 3 N–H and O–H groups in total. The Morgan fingerprint density at radius 2 is 2.09 bits per heavy atom. The molecule has 1 atom stereocenters. The number of benzene rings is 2. The Morgan fingerprint density at radius 1 is 1.32 bits per heavy atom. The Hall–Kier alpha value is -2.69. The van der Waals surface area contributed by atoms with Gasteiger partial charge in [0.05, 0.1) is 17.5 Å². The molecule has 0 aromatic heterocycles. The summed E-state index contributed by atoms with van der Waals surface area (Å²) in [7, 11) is 1.53. The molecule has 2 aliphatic rings. The minimum Gasteiger partial charge on any atom is -0.495 e.